The monoisotopic (exact) mass is 445 g/mol. The van der Waals surface area contributed by atoms with E-state index < -0.39 is 28.8 Å². The van der Waals surface area contributed by atoms with Crippen LogP contribution in [0.2, 0.25) is 0 Å². The Morgan fingerprint density at radius 3 is 2.50 bits per heavy atom. The first kappa shape index (κ1) is 21.1. The maximum atomic E-state index is 12.6. The zero-order chi connectivity index (χ0) is 21.8. The predicted octanol–water partition coefficient (Wildman–Crippen LogP) is 2.34. The number of rotatable bonds is 4. The molecule has 4 rings (SSSR count). The Morgan fingerprint density at radius 1 is 1.20 bits per heavy atom. The summed E-state index contributed by atoms with van der Waals surface area (Å²) in [6.07, 6.45) is 3.45. The number of pyridine rings is 1. The lowest BCUT2D eigenvalue weighted by molar-refractivity contribution is 0.0695. The average Bonchev–Trinajstić information content (AvgIpc) is 3.36. The highest BCUT2D eigenvalue weighted by atomic mass is 32.1. The zero-order valence-electron chi connectivity index (χ0n) is 15.5. The molecule has 0 radical (unpaired) electrons. The molecular weight excluding hydrogens is 430 g/mol. The second-order valence-corrected chi connectivity index (χ2v) is 7.30. The van der Waals surface area contributed by atoms with Crippen molar-refractivity contribution in [1.82, 2.24) is 14.3 Å². The van der Waals surface area contributed by atoms with Crippen molar-refractivity contribution in [3.05, 3.63) is 75.1 Å². The Kier molecular flexibility index (Phi) is 6.23. The summed E-state index contributed by atoms with van der Waals surface area (Å²) in [5, 5.41) is 25.5. The molecule has 4 aromatic rings. The van der Waals surface area contributed by atoms with Gasteiger partial charge in [-0.25, -0.2) is 9.48 Å². The van der Waals surface area contributed by atoms with E-state index in [-0.39, 0.29) is 12.1 Å². The number of benzene rings is 1. The Bertz CT molecular complexity index is 1310. The molecule has 2 N–H and O–H groups in total. The molecule has 0 aliphatic carbocycles. The number of aromatic carboxylic acids is 1. The van der Waals surface area contributed by atoms with Crippen molar-refractivity contribution in [3.63, 3.8) is 0 Å². The first-order chi connectivity index (χ1) is 14.4. The van der Waals surface area contributed by atoms with E-state index in [4.69, 9.17) is 8.42 Å². The predicted molar refractivity (Wildman–Crippen MR) is 111 cm³/mol. The van der Waals surface area contributed by atoms with E-state index in [0.717, 1.165) is 16.8 Å². The van der Waals surface area contributed by atoms with Crippen molar-refractivity contribution in [1.29, 1.82) is 0 Å². The van der Waals surface area contributed by atoms with Crippen LogP contribution in [0.1, 0.15) is 21.5 Å². The number of carboxylic acids is 1. The van der Waals surface area contributed by atoms with Gasteiger partial charge >= 0.3 is 17.5 Å². The van der Waals surface area contributed by atoms with Crippen molar-refractivity contribution >= 4 is 39.1 Å². The minimum atomic E-state index is -1.32. The first-order valence-corrected chi connectivity index (χ1v) is 10.0. The van der Waals surface area contributed by atoms with Crippen molar-refractivity contribution in [2.75, 3.05) is 0 Å². The third-order valence-electron chi connectivity index (χ3n) is 4.34. The second kappa shape index (κ2) is 8.84. The number of carbonyl (C=O) groups is 1. The fourth-order valence-electron chi connectivity index (χ4n) is 2.97. The van der Waals surface area contributed by atoms with Crippen molar-refractivity contribution in [2.45, 2.75) is 13.5 Å². The number of hydrogen-bond acceptors (Lipinski definition) is 7. The van der Waals surface area contributed by atoms with Gasteiger partial charge in [0.1, 0.15) is 5.56 Å². The summed E-state index contributed by atoms with van der Waals surface area (Å²) in [6, 6.07) is 9.54. The van der Waals surface area contributed by atoms with E-state index in [1.165, 1.54) is 15.9 Å². The molecule has 1 aromatic carbocycles. The van der Waals surface area contributed by atoms with Gasteiger partial charge < -0.3 is 10.2 Å². The molecule has 3 aromatic heterocycles. The van der Waals surface area contributed by atoms with Gasteiger partial charge in [0.2, 0.25) is 0 Å². The molecule has 0 atom stereocenters. The zero-order valence-corrected chi connectivity index (χ0v) is 17.1. The highest BCUT2D eigenvalue weighted by Gasteiger charge is 2.22. The fourth-order valence-corrected chi connectivity index (χ4v) is 3.91. The quantitative estimate of drug-likeness (QED) is 0.493. The summed E-state index contributed by atoms with van der Waals surface area (Å²) in [4.78, 5) is 24.0. The lowest BCUT2D eigenvalue weighted by atomic mass is 10.2. The molecule has 0 saturated carbocycles. The van der Waals surface area contributed by atoms with Gasteiger partial charge in [-0.3, -0.25) is 9.36 Å². The standard InChI is InChI=1S/C19H15N3O4S.O2S/c1-11-2-4-13(5-3-11)22-10-12(8-20-22)9-21-14-6-7-27-17(14)15(19(25)26)16(23)18(21)24;1-3-2/h2-8,10,23H,9H2,1H3,(H,25,26);. The van der Waals surface area contributed by atoms with Crippen LogP contribution in [0.4, 0.5) is 0 Å². The number of nitrogens with zero attached hydrogens (tertiary/aromatic N) is 3. The van der Waals surface area contributed by atoms with Gasteiger partial charge in [-0.2, -0.15) is 13.5 Å². The number of thiophene rings is 1. The molecule has 0 amide bonds. The van der Waals surface area contributed by atoms with Gasteiger partial charge in [0.05, 0.1) is 28.6 Å². The number of aromatic nitrogens is 3. The fraction of sp³-hybridized carbons (Fsp3) is 0.105. The van der Waals surface area contributed by atoms with E-state index in [0.29, 0.717) is 10.2 Å². The molecule has 3 heterocycles. The Hall–Kier alpha value is -3.57. The Labute approximate surface area is 177 Å². The summed E-state index contributed by atoms with van der Waals surface area (Å²) in [5.74, 6) is -2.07. The molecule has 0 fully saturated rings. The molecule has 0 aliphatic heterocycles. The highest BCUT2D eigenvalue weighted by molar-refractivity contribution is 7.51. The topological polar surface area (TPSA) is 131 Å². The number of hydrogen-bond donors (Lipinski definition) is 2. The summed E-state index contributed by atoms with van der Waals surface area (Å²) in [5.41, 5.74) is 2.18. The average molecular weight is 445 g/mol. The minimum Gasteiger partial charge on any atom is -0.502 e. The van der Waals surface area contributed by atoms with Crippen LogP contribution in [0.25, 0.3) is 15.9 Å². The smallest absolute Gasteiger partial charge is 0.341 e. The minimum absolute atomic E-state index is 0.172. The van der Waals surface area contributed by atoms with Gasteiger partial charge in [0.15, 0.2) is 5.75 Å². The molecule has 0 spiro atoms. The van der Waals surface area contributed by atoms with Crippen LogP contribution < -0.4 is 5.56 Å². The van der Waals surface area contributed by atoms with E-state index >= 15 is 0 Å². The number of aryl methyl sites for hydroxylation is 1. The summed E-state index contributed by atoms with van der Waals surface area (Å²) >= 11 is 0.422. The van der Waals surface area contributed by atoms with Gasteiger partial charge in [-0.05, 0) is 30.5 Å². The molecule has 0 aliphatic rings. The molecule has 30 heavy (non-hydrogen) atoms. The summed E-state index contributed by atoms with van der Waals surface area (Å²) < 4.78 is 20.0. The lowest BCUT2D eigenvalue weighted by Crippen LogP contribution is -2.22. The van der Waals surface area contributed by atoms with Crippen LogP contribution >= 0.6 is 11.3 Å². The van der Waals surface area contributed by atoms with E-state index in [1.54, 1.807) is 28.5 Å². The third-order valence-corrected chi connectivity index (χ3v) is 5.26. The van der Waals surface area contributed by atoms with Gasteiger partial charge in [-0.15, -0.1) is 11.3 Å². The Morgan fingerprint density at radius 2 is 1.87 bits per heavy atom. The molecule has 0 bridgehead atoms. The van der Waals surface area contributed by atoms with Gasteiger partial charge in [-0.1, -0.05) is 17.7 Å². The van der Waals surface area contributed by atoms with Crippen LogP contribution in [-0.4, -0.2) is 38.9 Å². The molecular formula is C19H15N3O6S2. The van der Waals surface area contributed by atoms with E-state index in [9.17, 15) is 19.8 Å². The molecule has 11 heteroatoms. The van der Waals surface area contributed by atoms with Crippen LogP contribution in [0.3, 0.4) is 0 Å². The van der Waals surface area contributed by atoms with E-state index in [2.05, 4.69) is 5.10 Å². The maximum absolute atomic E-state index is 12.6. The summed E-state index contributed by atoms with van der Waals surface area (Å²) in [6.45, 7) is 2.18. The van der Waals surface area contributed by atoms with Crippen molar-refractivity contribution in [2.24, 2.45) is 0 Å². The largest absolute Gasteiger partial charge is 0.502 e. The second-order valence-electron chi connectivity index (χ2n) is 6.25. The molecule has 154 valence electrons. The third kappa shape index (κ3) is 4.07. The van der Waals surface area contributed by atoms with Gasteiger partial charge in [0, 0.05) is 11.8 Å². The SMILES string of the molecule is Cc1ccc(-n2cc(Cn3c(=O)c(O)c(C(=O)O)c4sccc43)cn2)cc1.O=S=O. The summed E-state index contributed by atoms with van der Waals surface area (Å²) in [7, 11) is 0. The number of carboxylic acid groups (broad SMARTS) is 1. The lowest BCUT2D eigenvalue weighted by Gasteiger charge is -2.09. The first-order valence-electron chi connectivity index (χ1n) is 8.46. The normalized spacial score (nSPS) is 10.4. The molecule has 0 unspecified atom stereocenters. The number of aromatic hydroxyl groups is 1. The van der Waals surface area contributed by atoms with E-state index in [1.807, 2.05) is 31.2 Å². The Balaban J connectivity index is 0.000000806. The van der Waals surface area contributed by atoms with Crippen molar-refractivity contribution < 1.29 is 23.4 Å². The van der Waals surface area contributed by atoms with Crippen LogP contribution in [0.15, 0.2) is 52.9 Å². The van der Waals surface area contributed by atoms with Crippen LogP contribution in [0, 0.1) is 6.92 Å². The molecule has 9 nitrogen and oxygen atoms in total. The van der Waals surface area contributed by atoms with Crippen LogP contribution in [0.5, 0.6) is 5.75 Å². The van der Waals surface area contributed by atoms with Crippen LogP contribution in [-0.2, 0) is 18.1 Å². The molecule has 0 saturated heterocycles. The van der Waals surface area contributed by atoms with Crippen molar-refractivity contribution in [3.8, 4) is 11.4 Å². The van der Waals surface area contributed by atoms with Gasteiger partial charge in [0.25, 0.3) is 5.56 Å². The maximum Gasteiger partial charge on any atom is 0.341 e. The highest BCUT2D eigenvalue weighted by Crippen LogP contribution is 2.29. The number of fused-ring (bicyclic) bond motifs is 1.